The molecular formula is C16H11F5N2O5S2. The van der Waals surface area contributed by atoms with Gasteiger partial charge in [-0.1, -0.05) is 6.92 Å². The van der Waals surface area contributed by atoms with Gasteiger partial charge in [0.15, 0.2) is 15.4 Å². The van der Waals surface area contributed by atoms with Crippen LogP contribution < -0.4 is 0 Å². The zero-order chi connectivity index (χ0) is 22.5. The Balaban J connectivity index is 2.17. The Labute approximate surface area is 166 Å². The van der Waals surface area contributed by atoms with E-state index in [9.17, 15) is 38.8 Å². The number of benzene rings is 1. The monoisotopic (exact) mass is 470 g/mol. The Morgan fingerprint density at radius 2 is 1.70 bits per heavy atom. The number of rotatable bonds is 5. The summed E-state index contributed by atoms with van der Waals surface area (Å²) in [5, 5.41) is -6.02. The highest BCUT2D eigenvalue weighted by Gasteiger charge is 2.67. The molecular weight excluding hydrogens is 459 g/mol. The van der Waals surface area contributed by atoms with Gasteiger partial charge in [-0.3, -0.25) is 0 Å². The minimum Gasteiger partial charge on any atom is -0.435 e. The van der Waals surface area contributed by atoms with Crippen molar-refractivity contribution < 1.29 is 43.2 Å². The van der Waals surface area contributed by atoms with Crippen LogP contribution in [-0.2, 0) is 19.7 Å². The van der Waals surface area contributed by atoms with E-state index in [1.807, 2.05) is 0 Å². The van der Waals surface area contributed by atoms with Crippen LogP contribution in [0.3, 0.4) is 0 Å². The molecule has 0 unspecified atom stereocenters. The number of alkyl halides is 5. The van der Waals surface area contributed by atoms with E-state index in [0.717, 1.165) is 6.07 Å². The number of halogens is 5. The van der Waals surface area contributed by atoms with Crippen molar-refractivity contribution in [2.45, 2.75) is 28.1 Å². The fraction of sp³-hybridized carbons (Fsp3) is 0.250. The van der Waals surface area contributed by atoms with Crippen LogP contribution in [-0.4, -0.2) is 44.0 Å². The summed E-state index contributed by atoms with van der Waals surface area (Å²) in [5.74, 6) is -0.657. The summed E-state index contributed by atoms with van der Waals surface area (Å²) in [7, 11) is -9.89. The van der Waals surface area contributed by atoms with Crippen molar-refractivity contribution in [1.82, 2.24) is 9.97 Å². The quantitative estimate of drug-likeness (QED) is 0.524. The van der Waals surface area contributed by atoms with Crippen LogP contribution in [0.25, 0.3) is 22.7 Å². The molecule has 0 spiro atoms. The highest BCUT2D eigenvalue weighted by molar-refractivity contribution is 7.92. The maximum absolute atomic E-state index is 13.5. The van der Waals surface area contributed by atoms with E-state index in [4.69, 9.17) is 4.42 Å². The van der Waals surface area contributed by atoms with Crippen molar-refractivity contribution in [3.8, 4) is 11.6 Å². The van der Waals surface area contributed by atoms with Crippen molar-refractivity contribution >= 4 is 30.8 Å². The van der Waals surface area contributed by atoms with Crippen molar-refractivity contribution in [2.75, 3.05) is 5.75 Å². The first-order valence-electron chi connectivity index (χ1n) is 8.00. The molecule has 1 aromatic carbocycles. The zero-order valence-corrected chi connectivity index (χ0v) is 16.4. The van der Waals surface area contributed by atoms with Gasteiger partial charge in [0.25, 0.3) is 9.84 Å². The predicted octanol–water partition coefficient (Wildman–Crippen LogP) is 3.61. The Bertz CT molecular complexity index is 1330. The van der Waals surface area contributed by atoms with Crippen LogP contribution in [0.4, 0.5) is 22.0 Å². The standard InChI is InChI=1S/C16H11F5N2O5S2/c1-2-29(24,25)12-4-3-7-22-13(12)14-23-10-8-9(5-6-11(10)28-14)30(26,27)16(20,21)15(17,18)19/h3-8H,2H2,1H3. The SMILES string of the molecule is CCS(=O)(=O)c1cccnc1-c1nc2cc(S(=O)(=O)C(F)(F)C(F)(F)F)ccc2o1. The van der Waals surface area contributed by atoms with Gasteiger partial charge < -0.3 is 4.42 Å². The van der Waals surface area contributed by atoms with Crippen LogP contribution >= 0.6 is 0 Å². The molecule has 0 atom stereocenters. The highest BCUT2D eigenvalue weighted by atomic mass is 32.2. The first-order chi connectivity index (χ1) is 13.7. The summed E-state index contributed by atoms with van der Waals surface area (Å²) in [5.41, 5.74) is -0.778. The molecule has 0 fully saturated rings. The molecule has 0 saturated heterocycles. The fourth-order valence-electron chi connectivity index (χ4n) is 2.43. The van der Waals surface area contributed by atoms with Gasteiger partial charge in [-0.15, -0.1) is 0 Å². The number of pyridine rings is 1. The maximum atomic E-state index is 13.5. The van der Waals surface area contributed by atoms with Crippen molar-refractivity contribution in [3.05, 3.63) is 36.5 Å². The van der Waals surface area contributed by atoms with Gasteiger partial charge in [-0.05, 0) is 30.3 Å². The van der Waals surface area contributed by atoms with Gasteiger partial charge in [-0.25, -0.2) is 26.8 Å². The second kappa shape index (κ2) is 6.97. The molecule has 0 N–H and O–H groups in total. The Hall–Kier alpha value is -2.61. The summed E-state index contributed by atoms with van der Waals surface area (Å²) in [6, 6.07) is 4.40. The maximum Gasteiger partial charge on any atom is 0.469 e. The smallest absolute Gasteiger partial charge is 0.435 e. The molecule has 0 amide bonds. The van der Waals surface area contributed by atoms with Crippen LogP contribution in [0.15, 0.2) is 50.7 Å². The molecule has 3 aromatic rings. The van der Waals surface area contributed by atoms with E-state index >= 15 is 0 Å². The lowest BCUT2D eigenvalue weighted by atomic mass is 10.3. The Kier molecular flexibility index (Phi) is 5.13. The van der Waals surface area contributed by atoms with E-state index in [-0.39, 0.29) is 33.3 Å². The van der Waals surface area contributed by atoms with Gasteiger partial charge >= 0.3 is 11.4 Å². The number of oxazole rings is 1. The summed E-state index contributed by atoms with van der Waals surface area (Å²) in [6.45, 7) is 1.39. The van der Waals surface area contributed by atoms with Crippen LogP contribution in [0.1, 0.15) is 6.92 Å². The third-order valence-corrected chi connectivity index (χ3v) is 7.57. The van der Waals surface area contributed by atoms with Gasteiger partial charge in [0.2, 0.25) is 5.89 Å². The zero-order valence-electron chi connectivity index (χ0n) is 14.8. The van der Waals surface area contributed by atoms with Crippen LogP contribution in [0.2, 0.25) is 0 Å². The third-order valence-electron chi connectivity index (χ3n) is 4.03. The Morgan fingerprint density at radius 1 is 1.03 bits per heavy atom. The lowest BCUT2D eigenvalue weighted by molar-refractivity contribution is -0.241. The minimum atomic E-state index is -6.33. The second-order valence-corrected chi connectivity index (χ2v) is 10.2. The van der Waals surface area contributed by atoms with Gasteiger partial charge in [0.1, 0.15) is 11.2 Å². The molecule has 0 aliphatic heterocycles. The predicted molar refractivity (Wildman–Crippen MR) is 93.2 cm³/mol. The molecule has 30 heavy (non-hydrogen) atoms. The minimum absolute atomic E-state index is 0.176. The lowest BCUT2D eigenvalue weighted by Gasteiger charge is -2.19. The topological polar surface area (TPSA) is 107 Å². The second-order valence-electron chi connectivity index (χ2n) is 5.92. The summed E-state index contributed by atoms with van der Waals surface area (Å²) < 4.78 is 118. The number of aromatic nitrogens is 2. The molecule has 0 aliphatic rings. The molecule has 7 nitrogen and oxygen atoms in total. The Morgan fingerprint density at radius 3 is 2.30 bits per heavy atom. The molecule has 2 heterocycles. The summed E-state index contributed by atoms with van der Waals surface area (Å²) in [4.78, 5) is 6.13. The number of fused-ring (bicyclic) bond motifs is 1. The molecule has 3 rings (SSSR count). The summed E-state index contributed by atoms with van der Waals surface area (Å²) in [6.07, 6.45) is -5.09. The van der Waals surface area contributed by atoms with Crippen molar-refractivity contribution in [3.63, 3.8) is 0 Å². The average Bonchev–Trinajstić information content (AvgIpc) is 3.10. The highest BCUT2D eigenvalue weighted by Crippen LogP contribution is 2.43. The largest absolute Gasteiger partial charge is 0.469 e. The fourth-order valence-corrected chi connectivity index (χ4v) is 4.58. The molecule has 14 heteroatoms. The lowest BCUT2D eigenvalue weighted by Crippen LogP contribution is -2.43. The van der Waals surface area contributed by atoms with Gasteiger partial charge in [0.05, 0.1) is 15.5 Å². The number of sulfone groups is 2. The molecule has 0 radical (unpaired) electrons. The van der Waals surface area contributed by atoms with Gasteiger partial charge in [-0.2, -0.15) is 22.0 Å². The van der Waals surface area contributed by atoms with Crippen molar-refractivity contribution in [2.24, 2.45) is 0 Å². The van der Waals surface area contributed by atoms with E-state index in [1.165, 1.54) is 25.3 Å². The van der Waals surface area contributed by atoms with E-state index in [1.54, 1.807) is 0 Å². The first kappa shape index (κ1) is 22.1. The molecule has 0 bridgehead atoms. The average molecular weight is 470 g/mol. The third kappa shape index (κ3) is 3.43. The normalized spacial score (nSPS) is 13.7. The van der Waals surface area contributed by atoms with Crippen LogP contribution in [0.5, 0.6) is 0 Å². The van der Waals surface area contributed by atoms with Gasteiger partial charge in [0, 0.05) is 6.20 Å². The first-order valence-corrected chi connectivity index (χ1v) is 11.1. The summed E-state index contributed by atoms with van der Waals surface area (Å²) >= 11 is 0. The number of hydrogen-bond donors (Lipinski definition) is 0. The number of nitrogens with zero attached hydrogens (tertiary/aromatic N) is 2. The van der Waals surface area contributed by atoms with Crippen LogP contribution in [0, 0.1) is 0 Å². The van der Waals surface area contributed by atoms with E-state index < -0.39 is 36.0 Å². The molecule has 0 saturated carbocycles. The van der Waals surface area contributed by atoms with E-state index in [2.05, 4.69) is 9.97 Å². The number of hydrogen-bond acceptors (Lipinski definition) is 7. The molecule has 2 aromatic heterocycles. The van der Waals surface area contributed by atoms with Crippen molar-refractivity contribution in [1.29, 1.82) is 0 Å². The molecule has 0 aliphatic carbocycles. The molecule has 162 valence electrons. The van der Waals surface area contributed by atoms with E-state index in [0.29, 0.717) is 12.1 Å².